The number of carbonyl (C=O) groups excluding carboxylic acids is 2. The molecule has 2 amide bonds. The third-order valence-corrected chi connectivity index (χ3v) is 2.79. The van der Waals surface area contributed by atoms with Crippen molar-refractivity contribution in [2.75, 3.05) is 5.32 Å². The molecule has 5 heteroatoms. The molecule has 3 N–H and O–H groups in total. The maximum atomic E-state index is 11.9. The number of benzene rings is 2. The van der Waals surface area contributed by atoms with Gasteiger partial charge in [0, 0.05) is 21.8 Å². The predicted molar refractivity (Wildman–Crippen MR) is 74.4 cm³/mol. The molecule has 0 aliphatic rings. The summed E-state index contributed by atoms with van der Waals surface area (Å²) in [7, 11) is 0. The molecule has 19 heavy (non-hydrogen) atoms. The zero-order valence-corrected chi connectivity index (χ0v) is 10.6. The fraction of sp³-hybridized carbons (Fsp3) is 0. The average molecular weight is 275 g/mol. The number of hydrogen-bond donors (Lipinski definition) is 2. The van der Waals surface area contributed by atoms with Gasteiger partial charge in [-0.1, -0.05) is 11.6 Å². The Hall–Kier alpha value is -2.33. The summed E-state index contributed by atoms with van der Waals surface area (Å²) in [6.07, 6.45) is 0. The van der Waals surface area contributed by atoms with E-state index in [1.165, 1.54) is 0 Å². The zero-order chi connectivity index (χ0) is 13.8. The molecule has 0 fully saturated rings. The molecule has 0 radical (unpaired) electrons. The molecule has 0 bridgehead atoms. The van der Waals surface area contributed by atoms with Gasteiger partial charge in [-0.2, -0.15) is 0 Å². The Morgan fingerprint density at radius 3 is 1.95 bits per heavy atom. The van der Waals surface area contributed by atoms with E-state index in [0.29, 0.717) is 21.8 Å². The van der Waals surface area contributed by atoms with Crippen LogP contribution < -0.4 is 11.1 Å². The van der Waals surface area contributed by atoms with Gasteiger partial charge in [0.25, 0.3) is 5.91 Å². The molecule has 0 aromatic heterocycles. The van der Waals surface area contributed by atoms with Gasteiger partial charge in [0.05, 0.1) is 0 Å². The molecule has 0 spiro atoms. The van der Waals surface area contributed by atoms with Crippen molar-refractivity contribution in [3.63, 3.8) is 0 Å². The van der Waals surface area contributed by atoms with Gasteiger partial charge >= 0.3 is 0 Å². The Balaban J connectivity index is 2.10. The van der Waals surface area contributed by atoms with Crippen molar-refractivity contribution in [1.29, 1.82) is 0 Å². The van der Waals surface area contributed by atoms with Crippen molar-refractivity contribution in [3.8, 4) is 0 Å². The number of rotatable bonds is 3. The predicted octanol–water partition coefficient (Wildman–Crippen LogP) is 2.69. The standard InChI is InChI=1S/C14H11ClN2O2/c15-11-5-1-10(2-6-11)14(19)17-12-7-3-9(4-8-12)13(16)18/h1-8H,(H2,16,18)(H,17,19). The number of primary amides is 1. The molecular formula is C14H11ClN2O2. The highest BCUT2D eigenvalue weighted by molar-refractivity contribution is 6.30. The van der Waals surface area contributed by atoms with E-state index in [0.717, 1.165) is 0 Å². The van der Waals surface area contributed by atoms with Gasteiger partial charge in [0.1, 0.15) is 0 Å². The molecule has 96 valence electrons. The van der Waals surface area contributed by atoms with E-state index in [-0.39, 0.29) is 5.91 Å². The van der Waals surface area contributed by atoms with Crippen LogP contribution in [0.25, 0.3) is 0 Å². The second-order valence-electron chi connectivity index (χ2n) is 3.90. The number of amides is 2. The first-order valence-corrected chi connectivity index (χ1v) is 5.91. The van der Waals surface area contributed by atoms with Gasteiger partial charge in [-0.15, -0.1) is 0 Å². The van der Waals surface area contributed by atoms with Crippen LogP contribution in [0.1, 0.15) is 20.7 Å². The van der Waals surface area contributed by atoms with Crippen molar-refractivity contribution in [3.05, 3.63) is 64.7 Å². The van der Waals surface area contributed by atoms with E-state index < -0.39 is 5.91 Å². The second-order valence-corrected chi connectivity index (χ2v) is 4.34. The van der Waals surface area contributed by atoms with E-state index in [9.17, 15) is 9.59 Å². The van der Waals surface area contributed by atoms with Gasteiger partial charge in [0.15, 0.2) is 0 Å². The minimum atomic E-state index is -0.504. The van der Waals surface area contributed by atoms with Crippen LogP contribution in [-0.2, 0) is 0 Å². The lowest BCUT2D eigenvalue weighted by Gasteiger charge is -2.05. The monoisotopic (exact) mass is 274 g/mol. The number of carbonyl (C=O) groups is 2. The highest BCUT2D eigenvalue weighted by Crippen LogP contribution is 2.13. The molecule has 0 saturated carbocycles. The number of nitrogens with two attached hydrogens (primary N) is 1. The lowest BCUT2D eigenvalue weighted by Crippen LogP contribution is -2.13. The van der Waals surface area contributed by atoms with Crippen LogP contribution in [0.2, 0.25) is 5.02 Å². The lowest BCUT2D eigenvalue weighted by atomic mass is 10.2. The van der Waals surface area contributed by atoms with E-state index in [4.69, 9.17) is 17.3 Å². The van der Waals surface area contributed by atoms with Gasteiger partial charge in [-0.05, 0) is 48.5 Å². The Morgan fingerprint density at radius 1 is 0.895 bits per heavy atom. The molecule has 0 unspecified atom stereocenters. The topological polar surface area (TPSA) is 72.2 Å². The first-order chi connectivity index (χ1) is 9.06. The van der Waals surface area contributed by atoms with Gasteiger partial charge in [0.2, 0.25) is 5.91 Å². The number of hydrogen-bond acceptors (Lipinski definition) is 2. The number of anilines is 1. The normalized spacial score (nSPS) is 9.95. The van der Waals surface area contributed by atoms with E-state index in [2.05, 4.69) is 5.32 Å². The van der Waals surface area contributed by atoms with Crippen molar-refractivity contribution in [2.45, 2.75) is 0 Å². The van der Waals surface area contributed by atoms with E-state index in [1.807, 2.05) is 0 Å². The van der Waals surface area contributed by atoms with E-state index >= 15 is 0 Å². The summed E-state index contributed by atoms with van der Waals surface area (Å²) in [5.74, 6) is -0.751. The van der Waals surface area contributed by atoms with Crippen molar-refractivity contribution in [2.24, 2.45) is 5.73 Å². The van der Waals surface area contributed by atoms with Crippen molar-refractivity contribution in [1.82, 2.24) is 0 Å². The molecular weight excluding hydrogens is 264 g/mol. The molecule has 2 aromatic carbocycles. The summed E-state index contributed by atoms with van der Waals surface area (Å²) in [4.78, 5) is 22.8. The summed E-state index contributed by atoms with van der Waals surface area (Å²) in [6.45, 7) is 0. The maximum absolute atomic E-state index is 11.9. The highest BCUT2D eigenvalue weighted by Gasteiger charge is 2.06. The Bertz CT molecular complexity index is 606. The number of halogens is 1. The van der Waals surface area contributed by atoms with Crippen LogP contribution in [0.15, 0.2) is 48.5 Å². The van der Waals surface area contributed by atoms with Gasteiger partial charge in [-0.3, -0.25) is 9.59 Å². The second kappa shape index (κ2) is 5.54. The Labute approximate surface area is 115 Å². The first kappa shape index (κ1) is 13.1. The van der Waals surface area contributed by atoms with Crippen LogP contribution in [0.4, 0.5) is 5.69 Å². The summed E-state index contributed by atoms with van der Waals surface area (Å²) in [6, 6.07) is 12.9. The largest absolute Gasteiger partial charge is 0.366 e. The van der Waals surface area contributed by atoms with Crippen LogP contribution in [0.3, 0.4) is 0 Å². The van der Waals surface area contributed by atoms with Crippen LogP contribution >= 0.6 is 11.6 Å². The molecule has 2 aromatic rings. The lowest BCUT2D eigenvalue weighted by molar-refractivity contribution is 0.0998. The first-order valence-electron chi connectivity index (χ1n) is 5.53. The fourth-order valence-corrected chi connectivity index (χ4v) is 1.65. The van der Waals surface area contributed by atoms with Crippen molar-refractivity contribution >= 4 is 29.1 Å². The molecule has 0 atom stereocenters. The zero-order valence-electron chi connectivity index (χ0n) is 9.89. The average Bonchev–Trinajstić information content (AvgIpc) is 2.40. The fourth-order valence-electron chi connectivity index (χ4n) is 1.52. The molecule has 0 aliphatic carbocycles. The SMILES string of the molecule is NC(=O)c1ccc(NC(=O)c2ccc(Cl)cc2)cc1. The van der Waals surface area contributed by atoms with Gasteiger partial charge < -0.3 is 11.1 Å². The highest BCUT2D eigenvalue weighted by atomic mass is 35.5. The molecule has 4 nitrogen and oxygen atoms in total. The number of nitrogens with one attached hydrogen (secondary N) is 1. The maximum Gasteiger partial charge on any atom is 0.255 e. The minimum absolute atomic E-state index is 0.247. The van der Waals surface area contributed by atoms with Crippen LogP contribution in [0.5, 0.6) is 0 Å². The Kier molecular flexibility index (Phi) is 3.82. The summed E-state index contributed by atoms with van der Waals surface area (Å²) < 4.78 is 0. The summed E-state index contributed by atoms with van der Waals surface area (Å²) >= 11 is 5.75. The summed E-state index contributed by atoms with van der Waals surface area (Å²) in [5.41, 5.74) is 6.62. The third kappa shape index (κ3) is 3.33. The smallest absolute Gasteiger partial charge is 0.255 e. The van der Waals surface area contributed by atoms with Crippen molar-refractivity contribution < 1.29 is 9.59 Å². The third-order valence-electron chi connectivity index (χ3n) is 2.53. The molecule has 0 saturated heterocycles. The molecule has 0 aliphatic heterocycles. The summed E-state index contributed by atoms with van der Waals surface area (Å²) in [5, 5.41) is 3.28. The molecule has 0 heterocycles. The molecule has 2 rings (SSSR count). The van der Waals surface area contributed by atoms with Crippen LogP contribution in [0, 0.1) is 0 Å². The van der Waals surface area contributed by atoms with E-state index in [1.54, 1.807) is 48.5 Å². The quantitative estimate of drug-likeness (QED) is 0.903. The van der Waals surface area contributed by atoms with Gasteiger partial charge in [-0.25, -0.2) is 0 Å². The minimum Gasteiger partial charge on any atom is -0.366 e. The van der Waals surface area contributed by atoms with Crippen LogP contribution in [-0.4, -0.2) is 11.8 Å². The Morgan fingerprint density at radius 2 is 1.42 bits per heavy atom.